The van der Waals surface area contributed by atoms with Crippen molar-refractivity contribution in [3.63, 3.8) is 0 Å². The van der Waals surface area contributed by atoms with E-state index in [4.69, 9.17) is 49.9 Å². The van der Waals surface area contributed by atoms with Crippen LogP contribution in [0, 0.1) is 0 Å². The fourth-order valence-electron chi connectivity index (χ4n) is 5.31. The molecule has 0 saturated carbocycles. The van der Waals surface area contributed by atoms with Crippen molar-refractivity contribution in [2.24, 2.45) is 27.9 Å². The molecule has 10 atom stereocenters. The topological polar surface area (TPSA) is 399 Å². The van der Waals surface area contributed by atoms with E-state index >= 15 is 0 Å². The number of aliphatic hydroxyl groups excluding tert-OH is 3. The molecule has 3 aliphatic heterocycles. The number of nitrogens with two attached hydrogens (primary N) is 4. The second-order valence-electron chi connectivity index (χ2n) is 11.6. The highest BCUT2D eigenvalue weighted by Crippen LogP contribution is 2.24. The average molecular weight is 729 g/mol. The van der Waals surface area contributed by atoms with E-state index in [0.29, 0.717) is 32.4 Å². The number of β-amino-alcohol motifs (C(OH)–C–C–N with tert-alkyl or cyclic N) is 1. The number of hydrogen-bond acceptors (Lipinski definition) is 17. The van der Waals surface area contributed by atoms with Crippen LogP contribution in [0.25, 0.3) is 0 Å². The first-order valence-electron chi connectivity index (χ1n) is 15.4. The predicted octanol–water partition coefficient (Wildman–Crippen LogP) is -6.79. The molecule has 0 aliphatic carbocycles. The smallest absolute Gasteiger partial charge is 0.404 e. The summed E-state index contributed by atoms with van der Waals surface area (Å²) in [5, 5.41) is 44.9. The van der Waals surface area contributed by atoms with Crippen molar-refractivity contribution >= 4 is 40.2 Å². The minimum absolute atomic E-state index is 0.0296. The van der Waals surface area contributed by atoms with Crippen LogP contribution in [-0.4, -0.2) is 150 Å². The van der Waals surface area contributed by atoms with Crippen LogP contribution < -0.4 is 49.5 Å². The van der Waals surface area contributed by atoms with E-state index in [1.165, 1.54) is 0 Å². The number of nitrogens with zero attached hydrogens (tertiary/aromatic N) is 1. The summed E-state index contributed by atoms with van der Waals surface area (Å²) in [7, 11) is -4.67. The number of piperidine rings is 1. The van der Waals surface area contributed by atoms with Gasteiger partial charge in [-0.25, -0.2) is 9.79 Å². The van der Waals surface area contributed by atoms with Gasteiger partial charge in [0.1, 0.15) is 18.2 Å². The Morgan fingerprint density at radius 3 is 2.27 bits per heavy atom. The van der Waals surface area contributed by atoms with Gasteiger partial charge in [0, 0.05) is 38.0 Å². The molecule has 0 radical (unpaired) electrons. The van der Waals surface area contributed by atoms with Crippen LogP contribution in [0.4, 0.5) is 4.79 Å². The average Bonchev–Trinajstić information content (AvgIpc) is 3.43. The summed E-state index contributed by atoms with van der Waals surface area (Å²) >= 11 is 0. The second kappa shape index (κ2) is 19.7. The van der Waals surface area contributed by atoms with Crippen molar-refractivity contribution in [1.82, 2.24) is 26.6 Å². The summed E-state index contributed by atoms with van der Waals surface area (Å²) in [6.45, 7) is 0.203. The molecule has 3 aliphatic rings. The molecule has 2 saturated heterocycles. The zero-order valence-electron chi connectivity index (χ0n) is 26.5. The second-order valence-corrected chi connectivity index (χ2v) is 12.5. The standard InChI is InChI=1S/C25H46N10O9.H2O4S/c26-5-1-3-11(27)7-15(38)30-6-2-4-12(28)8-16(39)32-19-20(40)21(44-24(29)42)14(10-36)43-23(19)35-25-33-17-13(37)9-31-22(41)18(17)34-25;1-5(2,3)4/h11-14,17-21,23,36-37,40H,1-10,26-28H2,(H2,29,42)(H,30,38)(H,31,41)(H,32,39)(H2,33,34,35);(H2,1,2,3,4)/t11?,12?,13?,14-,17?,18?,19-,20+,21+,23-;/m1./s1. The molecular weight excluding hydrogens is 680 g/mol. The molecule has 0 aromatic rings. The fourth-order valence-corrected chi connectivity index (χ4v) is 5.31. The lowest BCUT2D eigenvalue weighted by molar-refractivity contribution is -0.198. The van der Waals surface area contributed by atoms with E-state index in [0.717, 1.165) is 6.42 Å². The first-order chi connectivity index (χ1) is 22.9. The fraction of sp³-hybridized carbons (Fsp3) is 0.800. The highest BCUT2D eigenvalue weighted by molar-refractivity contribution is 7.79. The maximum atomic E-state index is 13.0. The van der Waals surface area contributed by atoms with Crippen molar-refractivity contribution in [1.29, 1.82) is 0 Å². The number of carbonyl (C=O) groups is 4. The van der Waals surface area contributed by atoms with Gasteiger partial charge in [-0.05, 0) is 32.2 Å². The Kier molecular flexibility index (Phi) is 16.7. The third-order valence-electron chi connectivity index (χ3n) is 7.59. The van der Waals surface area contributed by atoms with Gasteiger partial charge < -0.3 is 74.3 Å². The molecule has 3 rings (SSSR count). The zero-order chi connectivity index (χ0) is 36.9. The number of carbonyl (C=O) groups excluding carboxylic acids is 4. The molecule has 23 nitrogen and oxygen atoms in total. The monoisotopic (exact) mass is 728 g/mol. The molecule has 49 heavy (non-hydrogen) atoms. The van der Waals surface area contributed by atoms with Crippen molar-refractivity contribution < 1.29 is 61.5 Å². The summed E-state index contributed by atoms with van der Waals surface area (Å²) in [5.41, 5.74) is 22.6. The molecule has 0 bridgehead atoms. The van der Waals surface area contributed by atoms with Gasteiger partial charge >= 0.3 is 16.5 Å². The van der Waals surface area contributed by atoms with E-state index < -0.39 is 89.7 Å². The van der Waals surface area contributed by atoms with E-state index in [9.17, 15) is 34.5 Å². The van der Waals surface area contributed by atoms with Crippen LogP contribution in [-0.2, 0) is 34.3 Å². The number of ether oxygens (including phenoxy) is 2. The minimum Gasteiger partial charge on any atom is -0.441 e. The van der Waals surface area contributed by atoms with E-state index in [-0.39, 0.29) is 37.3 Å². The van der Waals surface area contributed by atoms with Crippen LogP contribution in [0.15, 0.2) is 4.99 Å². The first kappa shape index (κ1) is 41.7. The highest BCUT2D eigenvalue weighted by Gasteiger charge is 2.49. The molecule has 5 unspecified atom stereocenters. The maximum Gasteiger partial charge on any atom is 0.404 e. The lowest BCUT2D eigenvalue weighted by Crippen LogP contribution is -2.70. The SMILES string of the molecule is NCCCC(N)CC(=O)NCCCC(N)CC(=O)N[C@@H]1[C@H](O)[C@@H](OC(N)=O)[C@@H](CO)O[C@H]1NC1=NC2C(=O)NCC(O)C2N1.O=S(=O)(O)O. The van der Waals surface area contributed by atoms with Crippen molar-refractivity contribution in [2.75, 3.05) is 26.2 Å². The number of nitrogens with one attached hydrogen (secondary N) is 5. The molecule has 0 aromatic carbocycles. The Morgan fingerprint density at radius 2 is 1.69 bits per heavy atom. The number of guanidine groups is 1. The van der Waals surface area contributed by atoms with Gasteiger partial charge in [-0.3, -0.25) is 23.5 Å². The third kappa shape index (κ3) is 14.5. The maximum absolute atomic E-state index is 13.0. The minimum atomic E-state index is -4.67. The van der Waals surface area contributed by atoms with Crippen LogP contribution in [0.3, 0.4) is 0 Å². The normalized spacial score (nSPS) is 29.0. The molecule has 24 heteroatoms. The van der Waals surface area contributed by atoms with E-state index in [1.807, 2.05) is 0 Å². The molecule has 282 valence electrons. The highest BCUT2D eigenvalue weighted by atomic mass is 32.3. The van der Waals surface area contributed by atoms with Crippen molar-refractivity contribution in [2.45, 2.75) is 99.4 Å². The lowest BCUT2D eigenvalue weighted by atomic mass is 9.95. The number of primary amides is 1. The van der Waals surface area contributed by atoms with Crippen molar-refractivity contribution in [3.8, 4) is 0 Å². The summed E-state index contributed by atoms with van der Waals surface area (Å²) in [6, 6.07) is -3.79. The molecule has 3 heterocycles. The molecule has 0 spiro atoms. The number of aliphatic hydroxyl groups is 3. The van der Waals surface area contributed by atoms with Gasteiger partial charge in [0.2, 0.25) is 17.7 Å². The predicted molar refractivity (Wildman–Crippen MR) is 168 cm³/mol. The Balaban J connectivity index is 0.00000155. The quantitative estimate of drug-likeness (QED) is 0.0550. The van der Waals surface area contributed by atoms with Gasteiger partial charge in [-0.1, -0.05) is 0 Å². The first-order valence-corrected chi connectivity index (χ1v) is 16.8. The zero-order valence-corrected chi connectivity index (χ0v) is 27.3. The summed E-state index contributed by atoms with van der Waals surface area (Å²) in [5.74, 6) is -1.12. The van der Waals surface area contributed by atoms with Crippen LogP contribution in [0.5, 0.6) is 0 Å². The summed E-state index contributed by atoms with van der Waals surface area (Å²) in [4.78, 5) is 52.9. The Hall–Kier alpha value is -3.46. The largest absolute Gasteiger partial charge is 0.441 e. The van der Waals surface area contributed by atoms with Crippen LogP contribution >= 0.6 is 0 Å². The number of aliphatic imine (C=N–C) groups is 1. The van der Waals surface area contributed by atoms with Gasteiger partial charge in [0.15, 0.2) is 24.3 Å². The van der Waals surface area contributed by atoms with E-state index in [2.05, 4.69) is 31.6 Å². The number of hydrogen-bond donors (Lipinski definition) is 14. The Morgan fingerprint density at radius 1 is 1.08 bits per heavy atom. The molecule has 4 amide bonds. The number of rotatable bonds is 15. The van der Waals surface area contributed by atoms with Gasteiger partial charge in [-0.15, -0.1) is 0 Å². The number of fused-ring (bicyclic) bond motifs is 1. The van der Waals surface area contributed by atoms with Crippen LogP contribution in [0.2, 0.25) is 0 Å². The molecule has 18 N–H and O–H groups in total. The Bertz CT molecular complexity index is 1250. The summed E-state index contributed by atoms with van der Waals surface area (Å²) < 4.78 is 42.4. The Labute approximate surface area is 281 Å². The summed E-state index contributed by atoms with van der Waals surface area (Å²) in [6.07, 6.45) is -5.37. The van der Waals surface area contributed by atoms with Gasteiger partial charge in [0.25, 0.3) is 0 Å². The van der Waals surface area contributed by atoms with Crippen LogP contribution in [0.1, 0.15) is 38.5 Å². The lowest BCUT2D eigenvalue weighted by Gasteiger charge is -2.44. The van der Waals surface area contributed by atoms with Gasteiger partial charge in [-0.2, -0.15) is 8.42 Å². The van der Waals surface area contributed by atoms with Gasteiger partial charge in [0.05, 0.1) is 18.8 Å². The number of amides is 4. The molecular formula is C25H48N10O13S. The van der Waals surface area contributed by atoms with E-state index in [1.54, 1.807) is 0 Å². The third-order valence-corrected chi connectivity index (χ3v) is 7.59. The molecule has 0 aromatic heterocycles. The molecule has 2 fully saturated rings. The van der Waals surface area contributed by atoms with Crippen molar-refractivity contribution in [3.05, 3.63) is 0 Å².